The number of phosphoric ester groups is 1. The van der Waals surface area contributed by atoms with Gasteiger partial charge in [0.2, 0.25) is 19.2 Å². The summed E-state index contributed by atoms with van der Waals surface area (Å²) in [5.74, 6) is -2.90. The van der Waals surface area contributed by atoms with Crippen molar-refractivity contribution in [2.24, 2.45) is 11.8 Å². The molecular formula is C30H41IN5O15P. The van der Waals surface area contributed by atoms with Crippen LogP contribution in [0.2, 0.25) is 0 Å². The predicted molar refractivity (Wildman–Crippen MR) is 183 cm³/mol. The van der Waals surface area contributed by atoms with Gasteiger partial charge >= 0.3 is 32.1 Å². The Balaban J connectivity index is 2.06. The molecule has 20 nitrogen and oxygen atoms in total. The van der Waals surface area contributed by atoms with Crippen molar-refractivity contribution in [1.82, 2.24) is 14.6 Å². The molecule has 0 amide bonds. The molecule has 0 bridgehead atoms. The van der Waals surface area contributed by atoms with E-state index in [-0.39, 0.29) is 11.5 Å². The van der Waals surface area contributed by atoms with Crippen LogP contribution in [0.25, 0.3) is 5.52 Å². The van der Waals surface area contributed by atoms with Crippen molar-refractivity contribution in [3.05, 3.63) is 21.7 Å². The molecular weight excluding hydrogens is 828 g/mol. The van der Waals surface area contributed by atoms with Crippen LogP contribution in [0.15, 0.2) is 12.4 Å². The number of esters is 2. The van der Waals surface area contributed by atoms with Crippen molar-refractivity contribution < 1.29 is 70.5 Å². The molecule has 0 spiro atoms. The molecule has 2 aromatic heterocycles. The number of halogens is 1. The molecule has 0 aromatic carbocycles. The minimum Gasteiger partial charge on any atom is -0.455 e. The third-order valence-electron chi connectivity index (χ3n) is 6.76. The molecule has 0 unspecified atom stereocenters. The van der Waals surface area contributed by atoms with E-state index in [9.17, 15) is 29.0 Å². The van der Waals surface area contributed by atoms with Crippen LogP contribution in [-0.4, -0.2) is 89.6 Å². The molecule has 2 aromatic rings. The van der Waals surface area contributed by atoms with Gasteiger partial charge in [0.15, 0.2) is 18.0 Å². The lowest BCUT2D eigenvalue weighted by atomic mass is 9.92. The third-order valence-corrected chi connectivity index (χ3v) is 8.89. The van der Waals surface area contributed by atoms with Crippen LogP contribution in [0.3, 0.4) is 0 Å². The van der Waals surface area contributed by atoms with Crippen molar-refractivity contribution in [3.8, 4) is 6.07 Å². The van der Waals surface area contributed by atoms with Gasteiger partial charge in [0.25, 0.3) is 0 Å². The van der Waals surface area contributed by atoms with Crippen molar-refractivity contribution in [2.75, 3.05) is 25.9 Å². The highest BCUT2D eigenvalue weighted by Crippen LogP contribution is 2.51. The van der Waals surface area contributed by atoms with Crippen LogP contribution in [-0.2, 0) is 66.5 Å². The van der Waals surface area contributed by atoms with Gasteiger partial charge < -0.3 is 38.9 Å². The fourth-order valence-electron chi connectivity index (χ4n) is 4.40. The Bertz CT molecular complexity index is 1660. The second-order valence-electron chi connectivity index (χ2n) is 12.2. The molecule has 288 valence electrons. The molecule has 0 radical (unpaired) electrons. The number of carbonyl (C=O) groups excluding carboxylic acids is 4. The fourth-order valence-corrected chi connectivity index (χ4v) is 6.11. The van der Waals surface area contributed by atoms with Crippen LogP contribution >= 0.6 is 30.4 Å². The molecule has 1 saturated heterocycles. The maximum absolute atomic E-state index is 13.8. The van der Waals surface area contributed by atoms with Gasteiger partial charge in [-0.1, -0.05) is 27.7 Å². The van der Waals surface area contributed by atoms with Crippen LogP contribution in [0.5, 0.6) is 0 Å². The van der Waals surface area contributed by atoms with Gasteiger partial charge in [-0.3, -0.25) is 14.1 Å². The number of rotatable bonds is 16. The molecule has 4 atom stereocenters. The lowest BCUT2D eigenvalue weighted by molar-refractivity contribution is -0.173. The van der Waals surface area contributed by atoms with Gasteiger partial charge in [0, 0.05) is 3.57 Å². The van der Waals surface area contributed by atoms with Crippen LogP contribution in [0.1, 0.15) is 61.1 Å². The minimum atomic E-state index is -4.88. The Morgan fingerprint density at radius 1 is 0.962 bits per heavy atom. The first-order chi connectivity index (χ1) is 24.3. The van der Waals surface area contributed by atoms with Crippen LogP contribution < -0.4 is 5.73 Å². The number of nitrogens with zero attached hydrogens (tertiary/aromatic N) is 4. The summed E-state index contributed by atoms with van der Waals surface area (Å²) < 4.78 is 68.5. The van der Waals surface area contributed by atoms with Gasteiger partial charge in [0.1, 0.15) is 24.0 Å². The highest BCUT2D eigenvalue weighted by atomic mass is 127. The minimum absolute atomic E-state index is 0.0166. The summed E-state index contributed by atoms with van der Waals surface area (Å²) in [6, 6.07) is 3.55. The van der Waals surface area contributed by atoms with E-state index >= 15 is 0 Å². The standard InChI is InChI=1S/C30H41IN5O15P/c1-15(2)26(37)49-23-20(10-44-52(41,45-13-42-28(39)47-17(5)6)46-14-43-29(40)48-18(7)8)51-30(11-32,24(23)50-27(38)16(3)4)21-9-19(31)22-25(33)34-12-35-36(21)22/h9,12,15-18,20,23-24H,10,13-14H2,1-8H3,(H2,33,34,35)/t20-,23-,24-,30+/m1/s1. The number of phosphoric acid groups is 1. The summed E-state index contributed by atoms with van der Waals surface area (Å²) >= 11 is 1.95. The number of fused-ring (bicyclic) bond motifs is 1. The highest BCUT2D eigenvalue weighted by molar-refractivity contribution is 14.1. The van der Waals surface area contributed by atoms with Crippen molar-refractivity contribution in [2.45, 2.75) is 91.5 Å². The maximum Gasteiger partial charge on any atom is 0.510 e. The number of nitriles is 1. The molecule has 1 fully saturated rings. The van der Waals surface area contributed by atoms with E-state index in [1.165, 1.54) is 10.6 Å². The van der Waals surface area contributed by atoms with E-state index < -0.39 is 100 Å². The van der Waals surface area contributed by atoms with Gasteiger partial charge in [-0.2, -0.15) is 10.4 Å². The molecule has 0 saturated carbocycles. The fraction of sp³-hybridized carbons (Fsp3) is 0.633. The second-order valence-corrected chi connectivity index (χ2v) is 15.0. The Labute approximate surface area is 312 Å². The Hall–Kier alpha value is -3.81. The van der Waals surface area contributed by atoms with Crippen molar-refractivity contribution in [1.29, 1.82) is 5.26 Å². The zero-order chi connectivity index (χ0) is 39.0. The molecule has 22 heteroatoms. The summed E-state index contributed by atoms with van der Waals surface area (Å²) in [5, 5.41) is 15.1. The van der Waals surface area contributed by atoms with Crippen molar-refractivity contribution in [3.63, 3.8) is 0 Å². The maximum atomic E-state index is 13.8. The van der Waals surface area contributed by atoms with Crippen LogP contribution in [0, 0.1) is 26.7 Å². The normalized spacial score (nSPS) is 20.3. The second kappa shape index (κ2) is 18.3. The number of hydrogen-bond acceptors (Lipinski definition) is 19. The number of ether oxygens (including phenoxy) is 7. The topological polar surface area (TPSA) is 258 Å². The number of aromatic nitrogens is 3. The molecule has 3 rings (SSSR count). The van der Waals surface area contributed by atoms with E-state index in [4.69, 9.17) is 52.5 Å². The largest absolute Gasteiger partial charge is 0.510 e. The zero-order valence-corrected chi connectivity index (χ0v) is 32.7. The number of nitrogen functional groups attached to an aromatic ring is 1. The number of nitrogens with two attached hydrogens (primary N) is 1. The lowest BCUT2D eigenvalue weighted by Crippen LogP contribution is -2.47. The smallest absolute Gasteiger partial charge is 0.455 e. The Morgan fingerprint density at radius 3 is 2.00 bits per heavy atom. The van der Waals surface area contributed by atoms with E-state index in [1.54, 1.807) is 55.4 Å². The first-order valence-corrected chi connectivity index (χ1v) is 18.4. The van der Waals surface area contributed by atoms with Crippen molar-refractivity contribution >= 4 is 66.0 Å². The molecule has 0 aliphatic carbocycles. The SMILES string of the molecule is CC(C)OC(=O)OCOP(=O)(OCOC(=O)OC(C)C)OC[C@H]1O[C@@](C#N)(c2cc(I)c3c(N)ncnn23)[C@H](OC(=O)C(C)C)[C@@H]1OC(=O)C(C)C. The summed E-state index contributed by atoms with van der Waals surface area (Å²) in [4.78, 5) is 54.0. The van der Waals surface area contributed by atoms with E-state index in [2.05, 4.69) is 16.2 Å². The molecule has 1 aliphatic heterocycles. The summed E-state index contributed by atoms with van der Waals surface area (Å²) in [6.45, 7) is 9.54. The summed E-state index contributed by atoms with van der Waals surface area (Å²) in [5.41, 5.74) is 4.17. The van der Waals surface area contributed by atoms with Crippen LogP contribution in [0.4, 0.5) is 15.4 Å². The zero-order valence-electron chi connectivity index (χ0n) is 29.6. The summed E-state index contributed by atoms with van der Waals surface area (Å²) in [7, 11) is -4.88. The number of carbonyl (C=O) groups is 4. The third kappa shape index (κ3) is 10.6. The lowest BCUT2D eigenvalue weighted by Gasteiger charge is -2.29. The quantitative estimate of drug-likeness (QED) is 0.0808. The first kappa shape index (κ1) is 42.6. The monoisotopic (exact) mass is 869 g/mol. The average Bonchev–Trinajstić information content (AvgIpc) is 3.54. The van der Waals surface area contributed by atoms with Gasteiger partial charge in [-0.05, 0) is 56.4 Å². The molecule has 2 N–H and O–H groups in total. The molecule has 1 aliphatic rings. The number of anilines is 1. The van der Waals surface area contributed by atoms with E-state index in [0.717, 1.165) is 6.33 Å². The summed E-state index contributed by atoms with van der Waals surface area (Å²) in [6.07, 6.45) is -7.11. The highest BCUT2D eigenvalue weighted by Gasteiger charge is 2.63. The van der Waals surface area contributed by atoms with Gasteiger partial charge in [-0.25, -0.2) is 32.7 Å². The van der Waals surface area contributed by atoms with Gasteiger partial charge in [0.05, 0.1) is 36.3 Å². The number of hydrogen-bond donors (Lipinski definition) is 1. The molecule has 3 heterocycles. The first-order valence-electron chi connectivity index (χ1n) is 15.8. The van der Waals surface area contributed by atoms with Gasteiger partial charge in [-0.15, -0.1) is 0 Å². The van der Waals surface area contributed by atoms with E-state index in [1.807, 2.05) is 22.6 Å². The Kier molecular flexibility index (Phi) is 15.0. The average molecular weight is 870 g/mol. The molecule has 52 heavy (non-hydrogen) atoms. The predicted octanol–water partition coefficient (Wildman–Crippen LogP) is 4.37. The Morgan fingerprint density at radius 2 is 1.50 bits per heavy atom. The van der Waals surface area contributed by atoms with E-state index in [0.29, 0.717) is 9.09 Å².